The Kier molecular flexibility index (Phi) is 4.26. The third-order valence-electron chi connectivity index (χ3n) is 3.71. The summed E-state index contributed by atoms with van der Waals surface area (Å²) in [6.45, 7) is 2.82. The molecule has 1 aliphatic rings. The van der Waals surface area contributed by atoms with Crippen LogP contribution in [-0.4, -0.2) is 51.6 Å². The van der Waals surface area contributed by atoms with Crippen molar-refractivity contribution in [3.8, 4) is 0 Å². The summed E-state index contributed by atoms with van der Waals surface area (Å²) in [6.07, 6.45) is 4.36. The first-order valence-electron chi connectivity index (χ1n) is 6.69. The summed E-state index contributed by atoms with van der Waals surface area (Å²) in [6, 6.07) is -1.31. The fraction of sp³-hybridized carbons (Fsp3) is 0.615. The molecule has 1 fully saturated rings. The van der Waals surface area contributed by atoms with E-state index in [1.807, 2.05) is 0 Å². The second-order valence-electron chi connectivity index (χ2n) is 5.47. The SMILES string of the molecule is CC1CC1CN(C)C(=O)N[C@H](Cc1cnc[nH]1)C(=O)O. The quantitative estimate of drug-likeness (QED) is 0.714. The largest absolute Gasteiger partial charge is 0.480 e. The van der Waals surface area contributed by atoms with Crippen LogP contribution in [0.3, 0.4) is 0 Å². The fourth-order valence-corrected chi connectivity index (χ4v) is 2.16. The Morgan fingerprint density at radius 1 is 1.65 bits per heavy atom. The van der Waals surface area contributed by atoms with Crippen molar-refractivity contribution in [2.24, 2.45) is 11.8 Å². The van der Waals surface area contributed by atoms with Gasteiger partial charge in [-0.1, -0.05) is 6.92 Å². The Hall–Kier alpha value is -2.05. The number of nitrogens with zero attached hydrogens (tertiary/aromatic N) is 2. The van der Waals surface area contributed by atoms with Crippen LogP contribution >= 0.6 is 0 Å². The lowest BCUT2D eigenvalue weighted by Gasteiger charge is -2.21. The van der Waals surface area contributed by atoms with Crippen molar-refractivity contribution in [1.29, 1.82) is 0 Å². The van der Waals surface area contributed by atoms with Crippen LogP contribution in [-0.2, 0) is 11.2 Å². The minimum Gasteiger partial charge on any atom is -0.480 e. The van der Waals surface area contributed by atoms with Gasteiger partial charge < -0.3 is 20.3 Å². The van der Waals surface area contributed by atoms with Gasteiger partial charge in [-0.3, -0.25) is 0 Å². The predicted molar refractivity (Wildman–Crippen MR) is 72.1 cm³/mol. The van der Waals surface area contributed by atoms with E-state index in [-0.39, 0.29) is 12.5 Å². The molecule has 110 valence electrons. The molecule has 3 N–H and O–H groups in total. The summed E-state index contributed by atoms with van der Waals surface area (Å²) in [4.78, 5) is 31.4. The van der Waals surface area contributed by atoms with Gasteiger partial charge in [0.25, 0.3) is 0 Å². The molecular formula is C13H20N4O3. The summed E-state index contributed by atoms with van der Waals surface area (Å²) in [5.74, 6) is 0.147. The third-order valence-corrected chi connectivity index (χ3v) is 3.71. The Labute approximate surface area is 117 Å². The van der Waals surface area contributed by atoms with Crippen LogP contribution in [0.5, 0.6) is 0 Å². The van der Waals surface area contributed by atoms with Crippen LogP contribution in [0.4, 0.5) is 4.79 Å². The van der Waals surface area contributed by atoms with Crippen LogP contribution in [0.15, 0.2) is 12.5 Å². The van der Waals surface area contributed by atoms with E-state index in [4.69, 9.17) is 0 Å². The summed E-state index contributed by atoms with van der Waals surface area (Å²) < 4.78 is 0. The number of H-pyrrole nitrogens is 1. The first-order valence-corrected chi connectivity index (χ1v) is 6.69. The maximum atomic E-state index is 12.0. The number of carboxylic acid groups (broad SMARTS) is 1. The second-order valence-corrected chi connectivity index (χ2v) is 5.47. The van der Waals surface area contributed by atoms with Gasteiger partial charge in [0, 0.05) is 31.9 Å². The standard InChI is InChI=1S/C13H20N4O3/c1-8-3-9(8)6-17(2)13(20)16-11(12(18)19)4-10-5-14-7-15-10/h5,7-9,11H,3-4,6H2,1-2H3,(H,14,15)(H,16,20)(H,18,19)/t8?,9?,11-/m1/s1. The number of rotatable bonds is 6. The smallest absolute Gasteiger partial charge is 0.326 e. The van der Waals surface area contributed by atoms with Crippen LogP contribution in [0.25, 0.3) is 0 Å². The van der Waals surface area contributed by atoms with E-state index in [2.05, 4.69) is 22.2 Å². The van der Waals surface area contributed by atoms with E-state index >= 15 is 0 Å². The first-order chi connectivity index (χ1) is 9.47. The number of aromatic nitrogens is 2. The molecule has 0 saturated heterocycles. The minimum atomic E-state index is -1.05. The maximum absolute atomic E-state index is 12.0. The Bertz CT molecular complexity index is 474. The van der Waals surface area contributed by atoms with Gasteiger partial charge in [-0.2, -0.15) is 0 Å². The second kappa shape index (κ2) is 5.94. The molecule has 1 heterocycles. The van der Waals surface area contributed by atoms with Crippen molar-refractivity contribution in [2.45, 2.75) is 25.8 Å². The molecular weight excluding hydrogens is 260 g/mol. The third kappa shape index (κ3) is 3.72. The van der Waals surface area contributed by atoms with Crippen LogP contribution < -0.4 is 5.32 Å². The molecule has 2 amide bonds. The Morgan fingerprint density at radius 2 is 2.35 bits per heavy atom. The van der Waals surface area contributed by atoms with E-state index in [1.165, 1.54) is 6.33 Å². The zero-order valence-electron chi connectivity index (χ0n) is 11.7. The van der Waals surface area contributed by atoms with Crippen molar-refractivity contribution in [3.05, 3.63) is 18.2 Å². The predicted octanol–water partition coefficient (Wildman–Crippen LogP) is 0.703. The van der Waals surface area contributed by atoms with E-state index < -0.39 is 12.0 Å². The van der Waals surface area contributed by atoms with E-state index in [1.54, 1.807) is 18.1 Å². The van der Waals surface area contributed by atoms with Gasteiger partial charge in [0.1, 0.15) is 6.04 Å². The number of carbonyl (C=O) groups is 2. The molecule has 7 nitrogen and oxygen atoms in total. The molecule has 2 unspecified atom stereocenters. The van der Waals surface area contributed by atoms with Crippen LogP contribution in [0.2, 0.25) is 0 Å². The minimum absolute atomic E-state index is 0.189. The molecule has 3 atom stereocenters. The Balaban J connectivity index is 1.86. The van der Waals surface area contributed by atoms with E-state index in [0.717, 1.165) is 6.42 Å². The molecule has 1 aliphatic carbocycles. The molecule has 0 aliphatic heterocycles. The van der Waals surface area contributed by atoms with Gasteiger partial charge in [-0.25, -0.2) is 14.6 Å². The normalized spacial score (nSPS) is 22.1. The van der Waals surface area contributed by atoms with Gasteiger partial charge in [-0.15, -0.1) is 0 Å². The molecule has 1 aromatic rings. The molecule has 0 aromatic carbocycles. The number of carboxylic acids is 1. The number of nitrogens with one attached hydrogen (secondary N) is 2. The first kappa shape index (κ1) is 14.4. The summed E-state index contributed by atoms with van der Waals surface area (Å²) in [7, 11) is 1.69. The molecule has 0 spiro atoms. The molecule has 2 rings (SSSR count). The lowest BCUT2D eigenvalue weighted by atomic mass is 10.1. The zero-order valence-corrected chi connectivity index (χ0v) is 11.7. The number of hydrogen-bond acceptors (Lipinski definition) is 3. The van der Waals surface area contributed by atoms with Gasteiger partial charge in [-0.05, 0) is 18.3 Å². The van der Waals surface area contributed by atoms with E-state index in [9.17, 15) is 14.7 Å². The van der Waals surface area contributed by atoms with Crippen molar-refractivity contribution in [2.75, 3.05) is 13.6 Å². The number of carbonyl (C=O) groups excluding carboxylic acids is 1. The number of aromatic amines is 1. The number of hydrogen-bond donors (Lipinski definition) is 3. The highest BCUT2D eigenvalue weighted by molar-refractivity contribution is 5.82. The Morgan fingerprint density at radius 3 is 2.85 bits per heavy atom. The van der Waals surface area contributed by atoms with Crippen LogP contribution in [0, 0.1) is 11.8 Å². The van der Waals surface area contributed by atoms with Gasteiger partial charge in [0.05, 0.1) is 6.33 Å². The fourth-order valence-electron chi connectivity index (χ4n) is 2.16. The molecule has 0 radical (unpaired) electrons. The topological polar surface area (TPSA) is 98.3 Å². The summed E-state index contributed by atoms with van der Waals surface area (Å²) >= 11 is 0. The summed E-state index contributed by atoms with van der Waals surface area (Å²) in [5.41, 5.74) is 0.677. The molecule has 1 aromatic heterocycles. The average Bonchev–Trinajstić information content (AvgIpc) is 2.89. The van der Waals surface area contributed by atoms with Crippen LogP contribution in [0.1, 0.15) is 19.0 Å². The molecule has 1 saturated carbocycles. The average molecular weight is 280 g/mol. The van der Waals surface area contributed by atoms with Crippen molar-refractivity contribution >= 4 is 12.0 Å². The van der Waals surface area contributed by atoms with E-state index in [0.29, 0.717) is 24.1 Å². The van der Waals surface area contributed by atoms with Gasteiger partial charge in [0.15, 0.2) is 0 Å². The van der Waals surface area contributed by atoms with Crippen molar-refractivity contribution in [1.82, 2.24) is 20.2 Å². The molecule has 7 heteroatoms. The van der Waals surface area contributed by atoms with Crippen molar-refractivity contribution in [3.63, 3.8) is 0 Å². The molecule has 20 heavy (non-hydrogen) atoms. The highest BCUT2D eigenvalue weighted by Crippen LogP contribution is 2.37. The highest BCUT2D eigenvalue weighted by Gasteiger charge is 2.34. The highest BCUT2D eigenvalue weighted by atomic mass is 16.4. The number of aliphatic carboxylic acids is 1. The van der Waals surface area contributed by atoms with Crippen molar-refractivity contribution < 1.29 is 14.7 Å². The number of imidazole rings is 1. The molecule has 0 bridgehead atoms. The monoisotopic (exact) mass is 280 g/mol. The summed E-state index contributed by atoms with van der Waals surface area (Å²) in [5, 5.41) is 11.7. The maximum Gasteiger partial charge on any atom is 0.326 e. The van der Waals surface area contributed by atoms with Gasteiger partial charge in [0.2, 0.25) is 0 Å². The zero-order chi connectivity index (χ0) is 14.7. The van der Waals surface area contributed by atoms with Gasteiger partial charge >= 0.3 is 12.0 Å². The lowest BCUT2D eigenvalue weighted by Crippen LogP contribution is -2.48. The lowest BCUT2D eigenvalue weighted by molar-refractivity contribution is -0.139. The number of urea groups is 1. The number of amides is 2.